The number of carbonyl (C=O) groups excluding carboxylic acids is 1. The first-order valence-electron chi connectivity index (χ1n) is 7.69. The van der Waals surface area contributed by atoms with Gasteiger partial charge in [0, 0.05) is 13.6 Å². The molecule has 2 aromatic heterocycles. The molecule has 3 aromatic rings. The number of amides is 1. The number of thiophene rings is 1. The molecule has 0 radical (unpaired) electrons. The summed E-state index contributed by atoms with van der Waals surface area (Å²) in [6, 6.07) is 9.12. The van der Waals surface area contributed by atoms with Crippen LogP contribution in [0, 0.1) is 6.92 Å². The predicted molar refractivity (Wildman–Crippen MR) is 97.4 cm³/mol. The summed E-state index contributed by atoms with van der Waals surface area (Å²) in [5, 5.41) is 2.67. The van der Waals surface area contributed by atoms with Gasteiger partial charge in [-0.2, -0.15) is 13.2 Å². The molecule has 0 aliphatic heterocycles. The molecule has 0 fully saturated rings. The van der Waals surface area contributed by atoms with Crippen molar-refractivity contribution in [2.75, 3.05) is 7.05 Å². The second-order valence-corrected chi connectivity index (χ2v) is 7.67. The van der Waals surface area contributed by atoms with Gasteiger partial charge < -0.3 is 4.90 Å². The highest BCUT2D eigenvalue weighted by molar-refractivity contribution is 7.22. The average Bonchev–Trinajstić information content (AvgIpc) is 3.23. The average molecular weight is 396 g/mol. The fourth-order valence-electron chi connectivity index (χ4n) is 2.54. The van der Waals surface area contributed by atoms with Crippen molar-refractivity contribution < 1.29 is 18.0 Å². The summed E-state index contributed by atoms with van der Waals surface area (Å²) < 4.78 is 39.4. The molecule has 1 aromatic carbocycles. The summed E-state index contributed by atoms with van der Waals surface area (Å²) in [6.07, 6.45) is -4.45. The van der Waals surface area contributed by atoms with E-state index in [0.29, 0.717) is 10.6 Å². The smallest absolute Gasteiger partial charge is 0.337 e. The van der Waals surface area contributed by atoms with Crippen LogP contribution in [0.15, 0.2) is 41.8 Å². The molecule has 2 heterocycles. The molecule has 8 heteroatoms. The van der Waals surface area contributed by atoms with E-state index < -0.39 is 11.7 Å². The minimum absolute atomic E-state index is 0.0662. The number of alkyl halides is 3. The largest absolute Gasteiger partial charge is 0.416 e. The van der Waals surface area contributed by atoms with E-state index >= 15 is 0 Å². The van der Waals surface area contributed by atoms with Crippen molar-refractivity contribution in [2.24, 2.45) is 0 Å². The highest BCUT2D eigenvalue weighted by atomic mass is 32.1. The minimum atomic E-state index is -4.45. The van der Waals surface area contributed by atoms with Crippen molar-refractivity contribution in [3.63, 3.8) is 0 Å². The summed E-state index contributed by atoms with van der Waals surface area (Å²) in [4.78, 5) is 19.9. The zero-order chi connectivity index (χ0) is 18.9. The van der Waals surface area contributed by atoms with Gasteiger partial charge in [0.25, 0.3) is 5.91 Å². The van der Waals surface area contributed by atoms with E-state index in [2.05, 4.69) is 4.98 Å². The zero-order valence-corrected chi connectivity index (χ0v) is 15.6. The molecule has 0 spiro atoms. The van der Waals surface area contributed by atoms with Crippen molar-refractivity contribution in [2.45, 2.75) is 19.6 Å². The van der Waals surface area contributed by atoms with Crippen LogP contribution in [0.3, 0.4) is 0 Å². The maximum Gasteiger partial charge on any atom is 0.416 e. The van der Waals surface area contributed by atoms with Crippen molar-refractivity contribution in [3.8, 4) is 9.88 Å². The summed E-state index contributed by atoms with van der Waals surface area (Å²) in [7, 11) is 1.50. The minimum Gasteiger partial charge on any atom is -0.337 e. The van der Waals surface area contributed by atoms with Crippen LogP contribution in [0.4, 0.5) is 13.2 Å². The molecule has 0 saturated carbocycles. The molecule has 0 saturated heterocycles. The van der Waals surface area contributed by atoms with E-state index in [1.54, 1.807) is 6.92 Å². The molecule has 0 bridgehead atoms. The van der Waals surface area contributed by atoms with Crippen LogP contribution in [-0.2, 0) is 12.7 Å². The van der Waals surface area contributed by atoms with Crippen LogP contribution >= 0.6 is 22.7 Å². The van der Waals surface area contributed by atoms with Crippen molar-refractivity contribution in [1.82, 2.24) is 9.88 Å². The molecule has 3 rings (SSSR count). The van der Waals surface area contributed by atoms with Crippen LogP contribution < -0.4 is 0 Å². The van der Waals surface area contributed by atoms with Crippen molar-refractivity contribution >= 4 is 28.6 Å². The molecular weight excluding hydrogens is 381 g/mol. The van der Waals surface area contributed by atoms with Crippen LogP contribution in [0.5, 0.6) is 0 Å². The van der Waals surface area contributed by atoms with E-state index in [4.69, 9.17) is 0 Å². The van der Waals surface area contributed by atoms with Crippen LogP contribution in [-0.4, -0.2) is 22.8 Å². The van der Waals surface area contributed by atoms with E-state index in [1.807, 2.05) is 17.5 Å². The van der Waals surface area contributed by atoms with Gasteiger partial charge in [-0.1, -0.05) is 24.3 Å². The SMILES string of the molecule is Cc1nc(-c2cccs2)sc1C(=O)N(C)Cc1ccccc1C(F)(F)F. The highest BCUT2D eigenvalue weighted by Crippen LogP contribution is 2.34. The van der Waals surface area contributed by atoms with Gasteiger partial charge in [0.15, 0.2) is 0 Å². The van der Waals surface area contributed by atoms with Gasteiger partial charge in [0.1, 0.15) is 9.88 Å². The predicted octanol–water partition coefficient (Wildman–Crippen LogP) is 5.47. The van der Waals surface area contributed by atoms with Gasteiger partial charge in [-0.05, 0) is 30.0 Å². The van der Waals surface area contributed by atoms with E-state index in [1.165, 1.54) is 52.8 Å². The molecule has 0 atom stereocenters. The Balaban J connectivity index is 1.84. The Bertz CT molecular complexity index is 917. The summed E-state index contributed by atoms with van der Waals surface area (Å²) in [5.41, 5.74) is -0.0733. The Hall–Kier alpha value is -2.19. The second-order valence-electron chi connectivity index (χ2n) is 5.73. The number of thiazole rings is 1. The maximum atomic E-state index is 13.1. The Morgan fingerprint density at radius 1 is 1.19 bits per heavy atom. The monoisotopic (exact) mass is 396 g/mol. The molecule has 136 valence electrons. The highest BCUT2D eigenvalue weighted by Gasteiger charge is 2.33. The lowest BCUT2D eigenvalue weighted by Gasteiger charge is -2.19. The summed E-state index contributed by atoms with van der Waals surface area (Å²) in [5.74, 6) is -0.334. The molecular formula is C18H15F3N2OS2. The van der Waals surface area contributed by atoms with E-state index in [0.717, 1.165) is 16.0 Å². The van der Waals surface area contributed by atoms with Gasteiger partial charge >= 0.3 is 6.18 Å². The Kier molecular flexibility index (Phi) is 5.15. The van der Waals surface area contributed by atoms with Gasteiger partial charge in [-0.3, -0.25) is 4.79 Å². The first-order valence-corrected chi connectivity index (χ1v) is 9.39. The second kappa shape index (κ2) is 7.20. The lowest BCUT2D eigenvalue weighted by molar-refractivity contribution is -0.138. The lowest BCUT2D eigenvalue weighted by Crippen LogP contribution is -2.27. The Labute approximate surface area is 156 Å². The van der Waals surface area contributed by atoms with E-state index in [-0.39, 0.29) is 18.0 Å². The standard InChI is InChI=1S/C18H15F3N2OS2/c1-11-15(26-16(22-11)14-8-5-9-25-14)17(24)23(2)10-12-6-3-4-7-13(12)18(19,20)21/h3-9H,10H2,1-2H3. The third-order valence-electron chi connectivity index (χ3n) is 3.80. The quantitative estimate of drug-likeness (QED) is 0.586. The number of aromatic nitrogens is 1. The number of hydrogen-bond acceptors (Lipinski definition) is 4. The van der Waals surface area contributed by atoms with Crippen molar-refractivity contribution in [1.29, 1.82) is 0 Å². The number of halogens is 3. The van der Waals surface area contributed by atoms with E-state index in [9.17, 15) is 18.0 Å². The fraction of sp³-hybridized carbons (Fsp3) is 0.222. The topological polar surface area (TPSA) is 33.2 Å². The Morgan fingerprint density at radius 3 is 2.58 bits per heavy atom. The maximum absolute atomic E-state index is 13.1. The molecule has 3 nitrogen and oxygen atoms in total. The third kappa shape index (κ3) is 3.81. The lowest BCUT2D eigenvalue weighted by atomic mass is 10.1. The van der Waals surface area contributed by atoms with Crippen LogP contribution in [0.2, 0.25) is 0 Å². The number of hydrogen-bond donors (Lipinski definition) is 0. The van der Waals surface area contributed by atoms with Gasteiger partial charge in [0.05, 0.1) is 16.1 Å². The van der Waals surface area contributed by atoms with Gasteiger partial charge in [-0.15, -0.1) is 22.7 Å². The number of aryl methyl sites for hydroxylation is 1. The molecule has 26 heavy (non-hydrogen) atoms. The van der Waals surface area contributed by atoms with Crippen molar-refractivity contribution in [3.05, 3.63) is 63.5 Å². The van der Waals surface area contributed by atoms with Crippen LogP contribution in [0.1, 0.15) is 26.5 Å². The number of benzene rings is 1. The first kappa shape index (κ1) is 18.6. The molecule has 1 amide bonds. The van der Waals surface area contributed by atoms with Gasteiger partial charge in [0.2, 0.25) is 0 Å². The Morgan fingerprint density at radius 2 is 1.92 bits per heavy atom. The zero-order valence-electron chi connectivity index (χ0n) is 14.0. The number of carbonyl (C=O) groups is 1. The molecule has 0 unspecified atom stereocenters. The third-order valence-corrected chi connectivity index (χ3v) is 5.98. The molecule has 0 aliphatic rings. The van der Waals surface area contributed by atoms with Crippen LogP contribution in [0.25, 0.3) is 9.88 Å². The van der Waals surface area contributed by atoms with Gasteiger partial charge in [-0.25, -0.2) is 4.98 Å². The normalized spacial score (nSPS) is 11.6. The fourth-order valence-corrected chi connectivity index (χ4v) is 4.39. The molecule has 0 aliphatic carbocycles. The molecule has 0 N–H and O–H groups in total. The summed E-state index contributed by atoms with van der Waals surface area (Å²) in [6.45, 7) is 1.61. The number of rotatable bonds is 4. The number of nitrogens with zero attached hydrogens (tertiary/aromatic N) is 2. The summed E-state index contributed by atoms with van der Waals surface area (Å²) >= 11 is 2.78. The first-order chi connectivity index (χ1) is 12.3.